The average molecular weight is 270 g/mol. The van der Waals surface area contributed by atoms with Crippen LogP contribution in [0, 0.1) is 0 Å². The van der Waals surface area contributed by atoms with Crippen molar-refractivity contribution in [3.8, 4) is 0 Å². The molecule has 0 bridgehead atoms. The number of aliphatic hydroxyl groups excluding tert-OH is 1. The minimum atomic E-state index is -0.602. The molecule has 80 valence electrons. The smallest absolute Gasteiger partial charge is 0.105 e. The predicted octanol–water partition coefficient (Wildman–Crippen LogP) is 2.57. The quantitative estimate of drug-likeness (QED) is 0.898. The number of pyridine rings is 1. The van der Waals surface area contributed by atoms with Crippen LogP contribution in [0.2, 0.25) is 0 Å². The molecule has 0 amide bonds. The zero-order valence-electron chi connectivity index (χ0n) is 8.19. The summed E-state index contributed by atoms with van der Waals surface area (Å²) < 4.78 is 6.07. The number of nitrogens with zero attached hydrogens (tertiary/aromatic N) is 1. The van der Waals surface area contributed by atoms with Crippen molar-refractivity contribution in [3.63, 3.8) is 0 Å². The number of halogens is 1. The molecule has 1 aromatic heterocycles. The molecule has 0 aromatic carbocycles. The summed E-state index contributed by atoms with van der Waals surface area (Å²) in [5, 5.41) is 10.1. The van der Waals surface area contributed by atoms with Crippen LogP contribution < -0.4 is 0 Å². The maximum Gasteiger partial charge on any atom is 0.105 e. The van der Waals surface area contributed by atoms with Crippen LogP contribution in [0.15, 0.2) is 34.8 Å². The normalized spacial score (nSPS) is 17.9. The van der Waals surface area contributed by atoms with E-state index in [2.05, 4.69) is 20.9 Å². The lowest BCUT2D eigenvalue weighted by atomic mass is 9.99. The molecule has 4 heteroatoms. The van der Waals surface area contributed by atoms with Crippen molar-refractivity contribution in [2.45, 2.75) is 18.9 Å². The number of hydrogen-bond donors (Lipinski definition) is 1. The van der Waals surface area contributed by atoms with E-state index in [4.69, 9.17) is 4.74 Å². The summed E-state index contributed by atoms with van der Waals surface area (Å²) in [5.41, 5.74) is 1.71. The fourth-order valence-corrected chi connectivity index (χ4v) is 1.96. The molecular weight excluding hydrogens is 258 g/mol. The maximum atomic E-state index is 10.1. The first-order valence-electron chi connectivity index (χ1n) is 4.86. The van der Waals surface area contributed by atoms with E-state index in [-0.39, 0.29) is 0 Å². The van der Waals surface area contributed by atoms with Crippen LogP contribution in [0.25, 0.3) is 0 Å². The molecule has 0 radical (unpaired) electrons. The van der Waals surface area contributed by atoms with Crippen LogP contribution in [0.3, 0.4) is 0 Å². The lowest BCUT2D eigenvalue weighted by molar-refractivity contribution is 0.170. The van der Waals surface area contributed by atoms with Gasteiger partial charge in [0, 0.05) is 22.4 Å². The zero-order chi connectivity index (χ0) is 10.7. The first kappa shape index (κ1) is 10.6. The van der Waals surface area contributed by atoms with Gasteiger partial charge in [-0.25, -0.2) is 0 Å². The second kappa shape index (κ2) is 4.77. The van der Waals surface area contributed by atoms with Gasteiger partial charge in [0.15, 0.2) is 0 Å². The molecule has 1 aromatic rings. The Bertz CT molecular complexity index is 379. The highest BCUT2D eigenvalue weighted by Gasteiger charge is 2.16. The topological polar surface area (TPSA) is 42.4 Å². The molecular formula is C11H12BrNO2. The van der Waals surface area contributed by atoms with Gasteiger partial charge < -0.3 is 9.84 Å². The van der Waals surface area contributed by atoms with Gasteiger partial charge in [-0.15, -0.1) is 0 Å². The molecule has 0 fully saturated rings. The number of aromatic nitrogens is 1. The zero-order valence-corrected chi connectivity index (χ0v) is 9.77. The van der Waals surface area contributed by atoms with Crippen molar-refractivity contribution < 1.29 is 9.84 Å². The summed E-state index contributed by atoms with van der Waals surface area (Å²) in [6.45, 7) is 0.743. The summed E-state index contributed by atoms with van der Waals surface area (Å²) >= 11 is 3.33. The van der Waals surface area contributed by atoms with Crippen LogP contribution in [-0.2, 0) is 4.74 Å². The van der Waals surface area contributed by atoms with E-state index in [1.165, 1.54) is 0 Å². The maximum absolute atomic E-state index is 10.1. The second-order valence-corrected chi connectivity index (χ2v) is 4.42. The Morgan fingerprint density at radius 2 is 2.33 bits per heavy atom. The molecule has 3 nitrogen and oxygen atoms in total. The van der Waals surface area contributed by atoms with Gasteiger partial charge in [-0.2, -0.15) is 0 Å². The Kier molecular flexibility index (Phi) is 3.38. The summed E-state index contributed by atoms with van der Waals surface area (Å²) in [4.78, 5) is 4.03. The first-order valence-corrected chi connectivity index (χ1v) is 5.66. The molecule has 0 saturated carbocycles. The molecule has 0 spiro atoms. The molecule has 1 aliphatic heterocycles. The van der Waals surface area contributed by atoms with Crippen molar-refractivity contribution in [1.82, 2.24) is 4.98 Å². The van der Waals surface area contributed by atoms with Gasteiger partial charge in [0.2, 0.25) is 0 Å². The summed E-state index contributed by atoms with van der Waals surface area (Å²) in [7, 11) is 0. The highest BCUT2D eigenvalue weighted by atomic mass is 79.9. The Morgan fingerprint density at radius 3 is 3.00 bits per heavy atom. The van der Waals surface area contributed by atoms with Gasteiger partial charge in [-0.05, 0) is 40.4 Å². The monoisotopic (exact) mass is 269 g/mol. The third-order valence-electron chi connectivity index (χ3n) is 2.36. The molecule has 15 heavy (non-hydrogen) atoms. The van der Waals surface area contributed by atoms with E-state index in [1.54, 1.807) is 18.7 Å². The summed E-state index contributed by atoms with van der Waals surface area (Å²) in [6, 6.07) is 1.87. The van der Waals surface area contributed by atoms with Gasteiger partial charge in [0.1, 0.15) is 6.10 Å². The number of aliphatic hydroxyl groups is 1. The fraction of sp³-hybridized carbons (Fsp3) is 0.364. The van der Waals surface area contributed by atoms with Gasteiger partial charge in [-0.1, -0.05) is 0 Å². The Balaban J connectivity index is 2.19. The third-order valence-corrected chi connectivity index (χ3v) is 2.79. The van der Waals surface area contributed by atoms with E-state index >= 15 is 0 Å². The van der Waals surface area contributed by atoms with E-state index in [9.17, 15) is 5.11 Å². The van der Waals surface area contributed by atoms with Gasteiger partial charge >= 0.3 is 0 Å². The molecule has 0 saturated heterocycles. The number of hydrogen-bond acceptors (Lipinski definition) is 3. The Labute approximate surface area is 96.9 Å². The Morgan fingerprint density at radius 1 is 1.47 bits per heavy atom. The molecule has 1 N–H and O–H groups in total. The average Bonchev–Trinajstić information content (AvgIpc) is 2.29. The van der Waals surface area contributed by atoms with Gasteiger partial charge in [0.05, 0.1) is 12.9 Å². The molecule has 1 atom stereocenters. The molecule has 1 unspecified atom stereocenters. The second-order valence-electron chi connectivity index (χ2n) is 3.51. The molecule has 2 rings (SSSR count). The third kappa shape index (κ3) is 2.58. The highest BCUT2D eigenvalue weighted by Crippen LogP contribution is 2.28. The van der Waals surface area contributed by atoms with Crippen molar-refractivity contribution in [2.24, 2.45) is 0 Å². The van der Waals surface area contributed by atoms with Crippen LogP contribution in [0.4, 0.5) is 0 Å². The highest BCUT2D eigenvalue weighted by molar-refractivity contribution is 9.10. The van der Waals surface area contributed by atoms with Crippen LogP contribution in [-0.4, -0.2) is 16.7 Å². The summed E-state index contributed by atoms with van der Waals surface area (Å²) in [6.07, 6.45) is 6.27. The van der Waals surface area contributed by atoms with E-state index in [0.29, 0.717) is 0 Å². The van der Waals surface area contributed by atoms with Crippen molar-refractivity contribution in [3.05, 3.63) is 40.3 Å². The van der Waals surface area contributed by atoms with E-state index < -0.39 is 6.10 Å². The van der Waals surface area contributed by atoms with Crippen LogP contribution in [0.1, 0.15) is 24.5 Å². The first-order chi connectivity index (χ1) is 7.27. The van der Waals surface area contributed by atoms with Crippen molar-refractivity contribution in [2.75, 3.05) is 6.61 Å². The van der Waals surface area contributed by atoms with Crippen molar-refractivity contribution >= 4 is 15.9 Å². The fourth-order valence-electron chi connectivity index (χ4n) is 1.58. The SMILES string of the molecule is OC(C1=COCCC1)c1cncc(Br)c1. The molecule has 2 heterocycles. The standard InChI is InChI=1S/C11H12BrNO2/c12-10-4-9(5-13-6-10)11(14)8-2-1-3-15-7-8/h4-7,11,14H,1-3H2. The van der Waals surface area contributed by atoms with Gasteiger partial charge in [0.25, 0.3) is 0 Å². The number of ether oxygens (including phenoxy) is 1. The van der Waals surface area contributed by atoms with Crippen molar-refractivity contribution in [1.29, 1.82) is 0 Å². The lowest BCUT2D eigenvalue weighted by Crippen LogP contribution is -2.08. The largest absolute Gasteiger partial charge is 0.501 e. The minimum Gasteiger partial charge on any atom is -0.501 e. The lowest BCUT2D eigenvalue weighted by Gasteiger charge is -2.18. The molecule has 1 aliphatic rings. The van der Waals surface area contributed by atoms with Crippen LogP contribution >= 0.6 is 15.9 Å². The Hall–Kier alpha value is -0.870. The minimum absolute atomic E-state index is 0.602. The summed E-state index contributed by atoms with van der Waals surface area (Å²) in [5.74, 6) is 0. The van der Waals surface area contributed by atoms with Gasteiger partial charge in [-0.3, -0.25) is 4.98 Å². The number of rotatable bonds is 2. The molecule has 0 aliphatic carbocycles. The van der Waals surface area contributed by atoms with Crippen LogP contribution in [0.5, 0.6) is 0 Å². The van der Waals surface area contributed by atoms with E-state index in [0.717, 1.165) is 35.1 Å². The van der Waals surface area contributed by atoms with E-state index in [1.807, 2.05) is 6.07 Å². The predicted molar refractivity (Wildman–Crippen MR) is 60.2 cm³/mol.